The predicted molar refractivity (Wildman–Crippen MR) is 64.2 cm³/mol. The van der Waals surface area contributed by atoms with Crippen molar-refractivity contribution in [1.29, 1.82) is 0 Å². The van der Waals surface area contributed by atoms with Crippen LogP contribution in [0.2, 0.25) is 0 Å². The molecule has 1 saturated heterocycles. The van der Waals surface area contributed by atoms with Crippen molar-refractivity contribution in [1.82, 2.24) is 0 Å². The van der Waals surface area contributed by atoms with Gasteiger partial charge in [0.2, 0.25) is 0 Å². The van der Waals surface area contributed by atoms with Crippen LogP contribution >= 0.6 is 0 Å². The van der Waals surface area contributed by atoms with Crippen molar-refractivity contribution < 1.29 is 14.2 Å². The summed E-state index contributed by atoms with van der Waals surface area (Å²) in [6.07, 6.45) is 4.19. The fourth-order valence-electron chi connectivity index (χ4n) is 2.29. The van der Waals surface area contributed by atoms with Crippen molar-refractivity contribution in [2.75, 3.05) is 19.8 Å². The van der Waals surface area contributed by atoms with Crippen LogP contribution in [-0.2, 0) is 14.2 Å². The molecule has 16 heavy (non-hydrogen) atoms. The molecule has 0 aliphatic carbocycles. The second-order valence-corrected chi connectivity index (χ2v) is 4.70. The van der Waals surface area contributed by atoms with E-state index in [-0.39, 0.29) is 5.41 Å². The van der Waals surface area contributed by atoms with E-state index in [1.807, 2.05) is 6.92 Å². The minimum absolute atomic E-state index is 0.0313. The van der Waals surface area contributed by atoms with Crippen LogP contribution in [0.3, 0.4) is 0 Å². The zero-order valence-corrected chi connectivity index (χ0v) is 11.2. The van der Waals surface area contributed by atoms with Crippen LogP contribution in [-0.4, -0.2) is 25.8 Å². The van der Waals surface area contributed by atoms with Gasteiger partial charge in [-0.25, -0.2) is 0 Å². The van der Waals surface area contributed by atoms with Gasteiger partial charge in [0.05, 0.1) is 13.2 Å². The Morgan fingerprint density at radius 3 is 2.50 bits per heavy atom. The van der Waals surface area contributed by atoms with E-state index >= 15 is 0 Å². The second-order valence-electron chi connectivity index (χ2n) is 4.70. The van der Waals surface area contributed by atoms with Gasteiger partial charge < -0.3 is 14.2 Å². The van der Waals surface area contributed by atoms with Gasteiger partial charge in [-0.15, -0.1) is 0 Å². The van der Waals surface area contributed by atoms with E-state index in [0.717, 1.165) is 32.3 Å². The molecule has 96 valence electrons. The van der Waals surface area contributed by atoms with E-state index in [1.165, 1.54) is 0 Å². The van der Waals surface area contributed by atoms with Gasteiger partial charge in [0.1, 0.15) is 0 Å². The summed E-state index contributed by atoms with van der Waals surface area (Å²) in [5, 5.41) is 0. The highest BCUT2D eigenvalue weighted by Gasteiger charge is 2.52. The monoisotopic (exact) mass is 230 g/mol. The Balaban J connectivity index is 2.84. The molecule has 3 nitrogen and oxygen atoms in total. The van der Waals surface area contributed by atoms with Gasteiger partial charge in [0, 0.05) is 12.0 Å². The molecule has 1 aliphatic heterocycles. The molecule has 0 saturated carbocycles. The molecule has 0 bridgehead atoms. The van der Waals surface area contributed by atoms with E-state index in [2.05, 4.69) is 20.8 Å². The highest BCUT2D eigenvalue weighted by molar-refractivity contribution is 4.86. The maximum Gasteiger partial charge on any atom is 0.288 e. The van der Waals surface area contributed by atoms with Gasteiger partial charge in [-0.1, -0.05) is 20.8 Å². The van der Waals surface area contributed by atoms with E-state index in [4.69, 9.17) is 14.2 Å². The van der Waals surface area contributed by atoms with Crippen LogP contribution in [0.5, 0.6) is 0 Å². The lowest BCUT2D eigenvalue weighted by atomic mass is 9.78. The van der Waals surface area contributed by atoms with Gasteiger partial charge in [-0.05, 0) is 32.6 Å². The number of ether oxygens (including phenoxy) is 3. The van der Waals surface area contributed by atoms with Gasteiger partial charge in [0.15, 0.2) is 0 Å². The molecule has 1 fully saturated rings. The number of hydrogen-bond donors (Lipinski definition) is 0. The van der Waals surface area contributed by atoms with Crippen molar-refractivity contribution >= 4 is 0 Å². The van der Waals surface area contributed by atoms with Crippen LogP contribution < -0.4 is 0 Å². The van der Waals surface area contributed by atoms with Crippen LogP contribution in [0.1, 0.15) is 53.4 Å². The molecule has 0 aromatic carbocycles. The lowest BCUT2D eigenvalue weighted by Gasteiger charge is -2.49. The van der Waals surface area contributed by atoms with E-state index in [9.17, 15) is 0 Å². The summed E-state index contributed by atoms with van der Waals surface area (Å²) in [6.45, 7) is 10.5. The molecule has 1 rings (SSSR count). The fraction of sp³-hybridized carbons (Fsp3) is 1.00. The Morgan fingerprint density at radius 2 is 1.94 bits per heavy atom. The third kappa shape index (κ3) is 2.58. The summed E-state index contributed by atoms with van der Waals surface area (Å²) in [4.78, 5) is 0. The summed E-state index contributed by atoms with van der Waals surface area (Å²) in [6, 6.07) is 0. The molecular weight excluding hydrogens is 204 g/mol. The highest BCUT2D eigenvalue weighted by Crippen LogP contribution is 2.46. The summed E-state index contributed by atoms with van der Waals surface area (Å²) >= 11 is 0. The number of hydrogen-bond acceptors (Lipinski definition) is 3. The van der Waals surface area contributed by atoms with Crippen LogP contribution in [0.25, 0.3) is 0 Å². The van der Waals surface area contributed by atoms with Gasteiger partial charge in [0.25, 0.3) is 5.97 Å². The smallest absolute Gasteiger partial charge is 0.288 e. The van der Waals surface area contributed by atoms with Gasteiger partial charge in [-0.2, -0.15) is 0 Å². The molecular formula is C13H26O3. The topological polar surface area (TPSA) is 27.7 Å². The highest BCUT2D eigenvalue weighted by atomic mass is 16.9. The van der Waals surface area contributed by atoms with Crippen LogP contribution in [0.15, 0.2) is 0 Å². The molecule has 3 heteroatoms. The SMILES string of the molecule is CCCOC1(OCC)OCCCC1(C)CC. The maximum absolute atomic E-state index is 5.92. The third-order valence-electron chi connectivity index (χ3n) is 3.52. The molecule has 0 aromatic heterocycles. The molecule has 1 aliphatic rings. The quantitative estimate of drug-likeness (QED) is 0.655. The van der Waals surface area contributed by atoms with E-state index < -0.39 is 5.97 Å². The molecule has 2 unspecified atom stereocenters. The van der Waals surface area contributed by atoms with Gasteiger partial charge >= 0.3 is 0 Å². The lowest BCUT2D eigenvalue weighted by Crippen LogP contribution is -2.55. The van der Waals surface area contributed by atoms with Crippen molar-refractivity contribution in [2.24, 2.45) is 5.41 Å². The molecule has 0 radical (unpaired) electrons. The first kappa shape index (κ1) is 13.9. The van der Waals surface area contributed by atoms with Crippen LogP contribution in [0.4, 0.5) is 0 Å². The average molecular weight is 230 g/mol. The van der Waals surface area contributed by atoms with Crippen molar-refractivity contribution in [3.63, 3.8) is 0 Å². The minimum atomic E-state index is -0.815. The molecule has 0 amide bonds. The molecule has 0 aromatic rings. The third-order valence-corrected chi connectivity index (χ3v) is 3.52. The first-order valence-corrected chi connectivity index (χ1v) is 6.56. The largest absolute Gasteiger partial charge is 0.327 e. The predicted octanol–water partition coefficient (Wildman–Crippen LogP) is 3.33. The maximum atomic E-state index is 5.92. The Bertz CT molecular complexity index is 203. The minimum Gasteiger partial charge on any atom is -0.327 e. The Morgan fingerprint density at radius 1 is 1.19 bits per heavy atom. The molecule has 0 spiro atoms. The average Bonchev–Trinajstić information content (AvgIpc) is 2.30. The second kappa shape index (κ2) is 5.99. The summed E-state index contributed by atoms with van der Waals surface area (Å²) in [7, 11) is 0. The van der Waals surface area contributed by atoms with Crippen molar-refractivity contribution in [3.8, 4) is 0 Å². The zero-order valence-electron chi connectivity index (χ0n) is 11.2. The van der Waals surface area contributed by atoms with Crippen molar-refractivity contribution in [2.45, 2.75) is 59.4 Å². The fourth-order valence-corrected chi connectivity index (χ4v) is 2.29. The molecule has 1 heterocycles. The summed E-state index contributed by atoms with van der Waals surface area (Å²) in [5.74, 6) is -0.815. The van der Waals surface area contributed by atoms with Gasteiger partial charge in [-0.3, -0.25) is 0 Å². The Labute approximate surface area is 99.5 Å². The lowest BCUT2D eigenvalue weighted by molar-refractivity contribution is -0.440. The zero-order chi connectivity index (χ0) is 12.1. The van der Waals surface area contributed by atoms with Crippen molar-refractivity contribution in [3.05, 3.63) is 0 Å². The first-order valence-electron chi connectivity index (χ1n) is 6.56. The summed E-state index contributed by atoms with van der Waals surface area (Å²) in [5.41, 5.74) is -0.0313. The van der Waals surface area contributed by atoms with E-state index in [0.29, 0.717) is 13.2 Å². The normalized spacial score (nSPS) is 35.2. The Hall–Kier alpha value is -0.120. The molecule has 2 atom stereocenters. The molecule has 0 N–H and O–H groups in total. The Kier molecular flexibility index (Phi) is 5.22. The number of rotatable bonds is 6. The summed E-state index contributed by atoms with van der Waals surface area (Å²) < 4.78 is 17.6. The van der Waals surface area contributed by atoms with Crippen LogP contribution in [0, 0.1) is 5.41 Å². The standard InChI is InChI=1S/C13H26O3/c1-5-10-15-13(14-7-3)12(4,6-2)9-8-11-16-13/h5-11H2,1-4H3. The van der Waals surface area contributed by atoms with E-state index in [1.54, 1.807) is 0 Å². The first-order chi connectivity index (χ1) is 7.64.